The van der Waals surface area contributed by atoms with E-state index in [-0.39, 0.29) is 5.78 Å². The van der Waals surface area contributed by atoms with Crippen LogP contribution in [0.15, 0.2) is 82.7 Å². The summed E-state index contributed by atoms with van der Waals surface area (Å²) in [6, 6.07) is 22.0. The molecule has 0 saturated carbocycles. The number of anilines is 1. The highest BCUT2D eigenvalue weighted by molar-refractivity contribution is 8.03. The maximum atomic E-state index is 12.4. The largest absolute Gasteiger partial charge is 0.338 e. The van der Waals surface area contributed by atoms with Gasteiger partial charge < -0.3 is 4.90 Å². The van der Waals surface area contributed by atoms with Crippen molar-refractivity contribution < 1.29 is 4.79 Å². The fourth-order valence-corrected chi connectivity index (χ4v) is 3.98. The third-order valence-electron chi connectivity index (χ3n) is 4.06. The van der Waals surface area contributed by atoms with Gasteiger partial charge in [-0.25, -0.2) is 0 Å². The number of hydrogen-bond acceptors (Lipinski definition) is 3. The summed E-state index contributed by atoms with van der Waals surface area (Å²) in [5.74, 6) is 0.0389. The van der Waals surface area contributed by atoms with Gasteiger partial charge in [-0.15, -0.1) is 0 Å². The minimum atomic E-state index is 0.0389. The van der Waals surface area contributed by atoms with Crippen LogP contribution in [0.5, 0.6) is 0 Å². The first kappa shape index (κ1) is 14.1. The first-order valence-corrected chi connectivity index (χ1v) is 8.30. The van der Waals surface area contributed by atoms with E-state index in [9.17, 15) is 4.79 Å². The normalized spacial score (nSPS) is 15.2. The van der Waals surface area contributed by atoms with Gasteiger partial charge in [-0.2, -0.15) is 0 Å². The van der Waals surface area contributed by atoms with Crippen molar-refractivity contribution in [2.75, 3.05) is 11.9 Å². The van der Waals surface area contributed by atoms with Crippen molar-refractivity contribution in [3.63, 3.8) is 0 Å². The third kappa shape index (κ3) is 2.43. The lowest BCUT2D eigenvalue weighted by molar-refractivity contribution is 0.104. The average molecular weight is 317 g/mol. The van der Waals surface area contributed by atoms with E-state index in [0.717, 1.165) is 10.6 Å². The molecule has 112 valence electrons. The fraction of sp³-hybridized carbons (Fsp3) is 0.0500. The Hall–Kier alpha value is -2.52. The van der Waals surface area contributed by atoms with Crippen molar-refractivity contribution in [2.24, 2.45) is 0 Å². The summed E-state index contributed by atoms with van der Waals surface area (Å²) in [7, 11) is 2.02. The number of benzene rings is 3. The van der Waals surface area contributed by atoms with Crippen LogP contribution in [-0.2, 0) is 0 Å². The van der Waals surface area contributed by atoms with Crippen molar-refractivity contribution in [3.8, 4) is 0 Å². The lowest BCUT2D eigenvalue weighted by Crippen LogP contribution is -2.11. The predicted octanol–water partition coefficient (Wildman–Crippen LogP) is 5.11. The second kappa shape index (κ2) is 5.60. The van der Waals surface area contributed by atoms with E-state index >= 15 is 0 Å². The van der Waals surface area contributed by atoms with Crippen LogP contribution in [0.4, 0.5) is 5.69 Å². The minimum Gasteiger partial charge on any atom is -0.338 e. The van der Waals surface area contributed by atoms with Gasteiger partial charge in [0.25, 0.3) is 0 Å². The van der Waals surface area contributed by atoms with E-state index in [1.165, 1.54) is 21.4 Å². The molecule has 0 N–H and O–H groups in total. The van der Waals surface area contributed by atoms with Gasteiger partial charge in [0, 0.05) is 29.0 Å². The molecule has 0 saturated heterocycles. The van der Waals surface area contributed by atoms with E-state index in [0.29, 0.717) is 0 Å². The SMILES string of the molecule is CN1/C(=C\C(=O)c2ccccc2)Sc2ccc3ccccc3c21. The average Bonchev–Trinajstić information content (AvgIpc) is 2.92. The second-order valence-electron chi connectivity index (χ2n) is 5.51. The van der Waals surface area contributed by atoms with Gasteiger partial charge in [0.2, 0.25) is 0 Å². The van der Waals surface area contributed by atoms with Gasteiger partial charge >= 0.3 is 0 Å². The van der Waals surface area contributed by atoms with Crippen LogP contribution >= 0.6 is 11.8 Å². The number of rotatable bonds is 2. The Bertz CT molecular complexity index is 931. The molecular formula is C20H15NOS. The molecule has 3 aromatic carbocycles. The van der Waals surface area contributed by atoms with E-state index in [1.807, 2.05) is 43.4 Å². The molecule has 0 bridgehead atoms. The fourth-order valence-electron chi connectivity index (χ4n) is 2.88. The van der Waals surface area contributed by atoms with E-state index in [2.05, 4.69) is 35.2 Å². The molecule has 3 aromatic rings. The molecule has 0 amide bonds. The molecule has 3 heteroatoms. The topological polar surface area (TPSA) is 20.3 Å². The molecule has 0 fully saturated rings. The lowest BCUT2D eigenvalue weighted by atomic mass is 10.1. The quantitative estimate of drug-likeness (QED) is 0.484. The zero-order valence-electron chi connectivity index (χ0n) is 12.7. The smallest absolute Gasteiger partial charge is 0.188 e. The molecule has 0 atom stereocenters. The summed E-state index contributed by atoms with van der Waals surface area (Å²) in [4.78, 5) is 15.8. The van der Waals surface area contributed by atoms with E-state index < -0.39 is 0 Å². The lowest BCUT2D eigenvalue weighted by Gasteiger charge is -2.15. The van der Waals surface area contributed by atoms with Crippen molar-refractivity contribution in [2.45, 2.75) is 4.90 Å². The Kier molecular flexibility index (Phi) is 3.43. The van der Waals surface area contributed by atoms with Crippen molar-refractivity contribution in [1.82, 2.24) is 0 Å². The van der Waals surface area contributed by atoms with Crippen LogP contribution in [0.25, 0.3) is 10.8 Å². The van der Waals surface area contributed by atoms with Crippen LogP contribution < -0.4 is 4.90 Å². The van der Waals surface area contributed by atoms with Gasteiger partial charge in [0.15, 0.2) is 5.78 Å². The highest BCUT2D eigenvalue weighted by atomic mass is 32.2. The number of ketones is 1. The molecule has 2 nitrogen and oxygen atoms in total. The maximum absolute atomic E-state index is 12.4. The molecule has 1 aliphatic heterocycles. The zero-order chi connectivity index (χ0) is 15.8. The molecule has 0 unspecified atom stereocenters. The third-order valence-corrected chi connectivity index (χ3v) is 5.21. The summed E-state index contributed by atoms with van der Waals surface area (Å²) >= 11 is 1.65. The van der Waals surface area contributed by atoms with Crippen LogP contribution in [0, 0.1) is 0 Å². The summed E-state index contributed by atoms with van der Waals surface area (Å²) in [6.07, 6.45) is 1.73. The molecule has 1 heterocycles. The Morgan fingerprint density at radius 1 is 0.957 bits per heavy atom. The summed E-state index contributed by atoms with van der Waals surface area (Å²) < 4.78 is 0. The minimum absolute atomic E-state index is 0.0389. The molecule has 4 rings (SSSR count). The van der Waals surface area contributed by atoms with Crippen LogP contribution in [-0.4, -0.2) is 12.8 Å². The van der Waals surface area contributed by atoms with Gasteiger partial charge in [-0.1, -0.05) is 72.4 Å². The maximum Gasteiger partial charge on any atom is 0.188 e. The Labute approximate surface area is 139 Å². The number of nitrogens with zero attached hydrogens (tertiary/aromatic N) is 1. The van der Waals surface area contributed by atoms with Crippen LogP contribution in [0.1, 0.15) is 10.4 Å². The summed E-state index contributed by atoms with van der Waals surface area (Å²) in [5.41, 5.74) is 1.90. The van der Waals surface area contributed by atoms with Gasteiger partial charge in [0.05, 0.1) is 10.7 Å². The second-order valence-corrected chi connectivity index (χ2v) is 6.57. The molecule has 23 heavy (non-hydrogen) atoms. The number of allylic oxidation sites excluding steroid dienone is 1. The number of carbonyl (C=O) groups is 1. The van der Waals surface area contributed by atoms with Crippen molar-refractivity contribution >= 4 is 34.0 Å². The Morgan fingerprint density at radius 2 is 1.70 bits per heavy atom. The van der Waals surface area contributed by atoms with Crippen molar-refractivity contribution in [1.29, 1.82) is 0 Å². The first-order chi connectivity index (χ1) is 11.2. The van der Waals surface area contributed by atoms with Crippen molar-refractivity contribution in [3.05, 3.63) is 83.4 Å². The van der Waals surface area contributed by atoms with E-state index in [1.54, 1.807) is 17.8 Å². The van der Waals surface area contributed by atoms with E-state index in [4.69, 9.17) is 0 Å². The standard InChI is InChI=1S/C20H15NOS/c1-21-19(13-17(22)15-8-3-2-4-9-15)23-18-12-11-14-7-5-6-10-16(14)20(18)21/h2-13H,1H3/b19-13+. The van der Waals surface area contributed by atoms with Gasteiger partial charge in [0.1, 0.15) is 0 Å². The Balaban J connectivity index is 1.75. The number of fused-ring (bicyclic) bond motifs is 3. The Morgan fingerprint density at radius 3 is 2.52 bits per heavy atom. The van der Waals surface area contributed by atoms with Gasteiger partial charge in [-0.3, -0.25) is 4.79 Å². The predicted molar refractivity (Wildman–Crippen MR) is 97.1 cm³/mol. The molecular weight excluding hydrogens is 302 g/mol. The van der Waals surface area contributed by atoms with Crippen LogP contribution in [0.2, 0.25) is 0 Å². The molecule has 0 spiro atoms. The number of hydrogen-bond donors (Lipinski definition) is 0. The molecule has 0 radical (unpaired) electrons. The zero-order valence-corrected chi connectivity index (χ0v) is 13.5. The molecule has 0 aliphatic carbocycles. The van der Waals surface area contributed by atoms with Crippen LogP contribution in [0.3, 0.4) is 0 Å². The van der Waals surface area contributed by atoms with Gasteiger partial charge in [-0.05, 0) is 11.5 Å². The highest BCUT2D eigenvalue weighted by Crippen LogP contribution is 2.48. The number of carbonyl (C=O) groups excluding carboxylic acids is 1. The molecule has 0 aromatic heterocycles. The monoisotopic (exact) mass is 317 g/mol. The summed E-state index contributed by atoms with van der Waals surface area (Å²) in [5, 5.41) is 3.40. The molecule has 1 aliphatic rings. The first-order valence-electron chi connectivity index (χ1n) is 7.48. The summed E-state index contributed by atoms with van der Waals surface area (Å²) in [6.45, 7) is 0. The number of thioether (sulfide) groups is 1. The highest BCUT2D eigenvalue weighted by Gasteiger charge is 2.24.